The van der Waals surface area contributed by atoms with Crippen LogP contribution in [0.3, 0.4) is 0 Å². The molecule has 3 nitrogen and oxygen atoms in total. The molecular weight excluding hydrogens is 160 g/mol. The van der Waals surface area contributed by atoms with E-state index < -0.39 is 22.7 Å². The van der Waals surface area contributed by atoms with Gasteiger partial charge in [-0.3, -0.25) is 0 Å². The zero-order valence-corrected chi connectivity index (χ0v) is 5.97. The summed E-state index contributed by atoms with van der Waals surface area (Å²) >= 11 is -4.48. The van der Waals surface area contributed by atoms with E-state index >= 15 is 0 Å². The van der Waals surface area contributed by atoms with E-state index in [-0.39, 0.29) is 0 Å². The Kier molecular flexibility index (Phi) is 1.75. The Hall–Kier alpha value is 0.322. The maximum absolute atomic E-state index is 8.64. The fourth-order valence-electron chi connectivity index (χ4n) is 0. The van der Waals surface area contributed by atoms with Crippen molar-refractivity contribution in [3.63, 3.8) is 0 Å². The Labute approximate surface area is 31.2 Å². The monoisotopic (exact) mass is 162 g/mol. The van der Waals surface area contributed by atoms with Crippen molar-refractivity contribution in [3.8, 4) is 0 Å². The van der Waals surface area contributed by atoms with Crippen LogP contribution in [0.5, 0.6) is 0 Å². The predicted octanol–water partition coefficient (Wildman–Crippen LogP) is -0.359. The van der Waals surface area contributed by atoms with Crippen LogP contribution in [0.25, 0.3) is 0 Å². The van der Waals surface area contributed by atoms with Gasteiger partial charge in [0.15, 0.2) is 0 Å². The van der Waals surface area contributed by atoms with Crippen LogP contribution < -0.4 is 0 Å². The average molecular weight is 160 g/mol. The summed E-state index contributed by atoms with van der Waals surface area (Å²) in [5.41, 5.74) is 0. The zero-order chi connectivity index (χ0) is 3.58. The summed E-state index contributed by atoms with van der Waals surface area (Å²) in [5.74, 6) is 0. The number of hydrogen-bond donors (Lipinski definition) is 0. The first-order chi connectivity index (χ1) is 1.73. The minimum atomic E-state index is -4.48. The van der Waals surface area contributed by atoms with E-state index in [0.717, 1.165) is 0 Å². The molecular formula is CdO3. The van der Waals surface area contributed by atoms with Crippen molar-refractivity contribution in [2.24, 2.45) is 0 Å². The van der Waals surface area contributed by atoms with E-state index in [9.17, 15) is 0 Å². The van der Waals surface area contributed by atoms with Crippen LogP contribution in [-0.4, -0.2) is 0 Å². The normalized spacial score (nSPS) is 10.5. The molecule has 0 aliphatic heterocycles. The molecule has 0 radical (unpaired) electrons. The van der Waals surface area contributed by atoms with E-state index in [2.05, 4.69) is 0 Å². The molecule has 0 heterocycles. The third-order valence-corrected chi connectivity index (χ3v) is 0. The molecule has 0 aromatic carbocycles. The molecule has 0 atom stereocenters. The second-order valence-corrected chi connectivity index (χ2v) is 2.37. The molecule has 0 amide bonds. The van der Waals surface area contributed by atoms with E-state index in [0.29, 0.717) is 0 Å². The first-order valence-electron chi connectivity index (χ1n) is 0.866. The van der Waals surface area contributed by atoms with Gasteiger partial charge in [0.25, 0.3) is 0 Å². The fraction of sp³-hybridized carbons (Fsp3) is 0. The van der Waals surface area contributed by atoms with E-state index in [4.69, 9.17) is 8.06 Å². The summed E-state index contributed by atoms with van der Waals surface area (Å²) in [6.07, 6.45) is 0. The van der Waals surface area contributed by atoms with Gasteiger partial charge in [-0.05, 0) is 0 Å². The third kappa shape index (κ3) is 39.1. The van der Waals surface area contributed by atoms with Crippen molar-refractivity contribution in [3.05, 3.63) is 0 Å². The maximum atomic E-state index is 8.64. The number of hydrogen-bond acceptors (Lipinski definition) is 3. The molecule has 0 rings (SSSR count). The summed E-state index contributed by atoms with van der Waals surface area (Å²) in [5, 5.41) is 0. The van der Waals surface area contributed by atoms with Crippen molar-refractivity contribution in [1.29, 1.82) is 0 Å². The van der Waals surface area contributed by atoms with Crippen molar-refractivity contribution in [2.75, 3.05) is 0 Å². The molecule has 0 aromatic heterocycles. The minimum absolute atomic E-state index is 4.48. The van der Waals surface area contributed by atoms with Crippen molar-refractivity contribution < 1.29 is 30.8 Å². The Balaban J connectivity index is 4.65. The fourth-order valence-corrected chi connectivity index (χ4v) is 0. The summed E-state index contributed by atoms with van der Waals surface area (Å²) < 4.78 is 25.9. The van der Waals surface area contributed by atoms with Gasteiger partial charge in [-0.1, -0.05) is 0 Å². The van der Waals surface area contributed by atoms with Gasteiger partial charge in [-0.15, -0.1) is 0 Å². The molecule has 0 saturated carbocycles. The molecule has 0 N–H and O–H groups in total. The van der Waals surface area contributed by atoms with Crippen molar-refractivity contribution >= 4 is 0 Å². The molecule has 4 heavy (non-hydrogen) atoms. The Bertz CT molecular complexity index is 72.7. The van der Waals surface area contributed by atoms with Gasteiger partial charge >= 0.3 is 30.8 Å². The van der Waals surface area contributed by atoms with Gasteiger partial charge in [0, 0.05) is 0 Å². The number of rotatable bonds is 0. The Morgan fingerprint density at radius 3 is 1.00 bits per heavy atom. The molecule has 0 saturated heterocycles. The summed E-state index contributed by atoms with van der Waals surface area (Å²) in [6, 6.07) is 0. The molecule has 0 spiro atoms. The zero-order valence-electron chi connectivity index (χ0n) is 1.93. The second-order valence-electron chi connectivity index (χ2n) is 0.354. The van der Waals surface area contributed by atoms with Gasteiger partial charge in [0.2, 0.25) is 0 Å². The average Bonchev–Trinajstić information content (AvgIpc) is 0.811. The summed E-state index contributed by atoms with van der Waals surface area (Å²) in [6.45, 7) is 0. The first kappa shape index (κ1) is 4.32. The molecule has 0 fully saturated rings. The van der Waals surface area contributed by atoms with Gasteiger partial charge in [-0.25, -0.2) is 0 Å². The van der Waals surface area contributed by atoms with Crippen molar-refractivity contribution in [1.82, 2.24) is 0 Å². The van der Waals surface area contributed by atoms with Crippen LogP contribution in [0.1, 0.15) is 0 Å². The second kappa shape index (κ2) is 1.62. The standard InChI is InChI=1S/Cd.3O. The molecule has 4 heteroatoms. The molecule has 0 aliphatic carbocycles. The van der Waals surface area contributed by atoms with Crippen molar-refractivity contribution in [2.45, 2.75) is 0 Å². The van der Waals surface area contributed by atoms with Gasteiger partial charge in [0.1, 0.15) is 0 Å². The first-order valence-corrected chi connectivity index (χ1v) is 5.81. The van der Waals surface area contributed by atoms with Gasteiger partial charge in [-0.2, -0.15) is 0 Å². The predicted molar refractivity (Wildman–Crippen MR) is 2.06 cm³/mol. The summed E-state index contributed by atoms with van der Waals surface area (Å²) in [7, 11) is 0. The van der Waals surface area contributed by atoms with E-state index in [1.54, 1.807) is 0 Å². The molecule has 0 aliphatic rings. The van der Waals surface area contributed by atoms with Crippen LogP contribution in [-0.2, 0) is 30.8 Å². The SMILES string of the molecule is [O]=[Cd](=[O])=[O]. The van der Waals surface area contributed by atoms with Crippen LogP contribution in [0.15, 0.2) is 0 Å². The van der Waals surface area contributed by atoms with Crippen LogP contribution >= 0.6 is 0 Å². The molecule has 0 aromatic rings. The third-order valence-electron chi connectivity index (χ3n) is 0. The summed E-state index contributed by atoms with van der Waals surface area (Å²) in [4.78, 5) is 0. The molecule has 20 valence electrons. The van der Waals surface area contributed by atoms with Gasteiger partial charge < -0.3 is 0 Å². The van der Waals surface area contributed by atoms with Crippen LogP contribution in [0.4, 0.5) is 0 Å². The topological polar surface area (TPSA) is 51.2 Å². The van der Waals surface area contributed by atoms with Crippen LogP contribution in [0, 0.1) is 0 Å². The van der Waals surface area contributed by atoms with E-state index in [1.807, 2.05) is 0 Å². The Morgan fingerprint density at radius 2 is 1.00 bits per heavy atom. The quantitative estimate of drug-likeness (QED) is 0.455. The van der Waals surface area contributed by atoms with Crippen LogP contribution in [0.2, 0.25) is 0 Å². The van der Waals surface area contributed by atoms with E-state index in [1.165, 1.54) is 0 Å². The van der Waals surface area contributed by atoms with Gasteiger partial charge in [0.05, 0.1) is 0 Å². The molecule has 0 bridgehead atoms. The Morgan fingerprint density at radius 1 is 1.00 bits per heavy atom. The molecule has 0 unspecified atom stereocenters.